The van der Waals surface area contributed by atoms with Gasteiger partial charge < -0.3 is 15.0 Å². The molecule has 0 radical (unpaired) electrons. The molecular formula is C19H36N4O2. The highest BCUT2D eigenvalue weighted by Gasteiger charge is 2.27. The minimum Gasteiger partial charge on any atom is -0.466 e. The first-order chi connectivity index (χ1) is 12.0. The quantitative estimate of drug-likeness (QED) is 0.466. The third-order valence-electron chi connectivity index (χ3n) is 5.62. The number of esters is 1. The Morgan fingerprint density at radius 1 is 1.20 bits per heavy atom. The second kappa shape index (κ2) is 10.00. The molecule has 2 fully saturated rings. The number of guanidine groups is 1. The molecule has 0 aromatic heterocycles. The fourth-order valence-electron chi connectivity index (χ4n) is 3.76. The van der Waals surface area contributed by atoms with Gasteiger partial charge in [-0.15, -0.1) is 0 Å². The van der Waals surface area contributed by atoms with E-state index in [-0.39, 0.29) is 11.9 Å². The van der Waals surface area contributed by atoms with Gasteiger partial charge in [-0.3, -0.25) is 14.7 Å². The van der Waals surface area contributed by atoms with Gasteiger partial charge in [0.05, 0.1) is 12.5 Å². The number of aliphatic imine (C=N–C) groups is 1. The van der Waals surface area contributed by atoms with Crippen molar-refractivity contribution in [1.29, 1.82) is 0 Å². The van der Waals surface area contributed by atoms with E-state index < -0.39 is 0 Å². The summed E-state index contributed by atoms with van der Waals surface area (Å²) in [5.41, 5.74) is 0. The van der Waals surface area contributed by atoms with E-state index in [0.717, 1.165) is 44.4 Å². The van der Waals surface area contributed by atoms with Crippen molar-refractivity contribution in [1.82, 2.24) is 15.1 Å². The van der Waals surface area contributed by atoms with Crippen molar-refractivity contribution in [2.75, 3.05) is 46.4 Å². The third kappa shape index (κ3) is 5.87. The fraction of sp³-hybridized carbons (Fsp3) is 0.895. The summed E-state index contributed by atoms with van der Waals surface area (Å²) in [5, 5.41) is 3.53. The van der Waals surface area contributed by atoms with Crippen LogP contribution in [-0.4, -0.2) is 74.1 Å². The molecule has 2 aliphatic rings. The highest BCUT2D eigenvalue weighted by molar-refractivity contribution is 5.80. The summed E-state index contributed by atoms with van der Waals surface area (Å²) in [4.78, 5) is 21.2. The topological polar surface area (TPSA) is 57.2 Å². The number of piperidine rings is 2. The second-order valence-electron chi connectivity index (χ2n) is 7.51. The van der Waals surface area contributed by atoms with Gasteiger partial charge in [-0.1, -0.05) is 6.92 Å². The van der Waals surface area contributed by atoms with Gasteiger partial charge in [0, 0.05) is 32.7 Å². The second-order valence-corrected chi connectivity index (χ2v) is 7.51. The van der Waals surface area contributed by atoms with Crippen molar-refractivity contribution in [3.63, 3.8) is 0 Å². The summed E-state index contributed by atoms with van der Waals surface area (Å²) in [6.07, 6.45) is 4.30. The SMILES string of the molecule is CCOC(=O)C1CCN(C(=NC)NCC(C)N2CCC(C)CC2)CC1. The Bertz CT molecular complexity index is 439. The van der Waals surface area contributed by atoms with Crippen LogP contribution < -0.4 is 5.32 Å². The summed E-state index contributed by atoms with van der Waals surface area (Å²) in [5.74, 6) is 1.83. The number of nitrogens with zero attached hydrogens (tertiary/aromatic N) is 3. The van der Waals surface area contributed by atoms with Gasteiger partial charge in [0.1, 0.15) is 0 Å². The molecule has 1 N–H and O–H groups in total. The normalized spacial score (nSPS) is 22.7. The monoisotopic (exact) mass is 352 g/mol. The van der Waals surface area contributed by atoms with Crippen molar-refractivity contribution in [3.8, 4) is 0 Å². The Kier molecular flexibility index (Phi) is 8.00. The first-order valence-corrected chi connectivity index (χ1v) is 9.91. The summed E-state index contributed by atoms with van der Waals surface area (Å²) in [6.45, 7) is 12.0. The van der Waals surface area contributed by atoms with Gasteiger partial charge in [0.2, 0.25) is 0 Å². The van der Waals surface area contributed by atoms with Crippen molar-refractivity contribution in [3.05, 3.63) is 0 Å². The van der Waals surface area contributed by atoms with Gasteiger partial charge in [0.25, 0.3) is 0 Å². The standard InChI is InChI=1S/C19H36N4O2/c1-5-25-18(24)17-8-12-23(13-9-17)19(20-4)21-14-16(3)22-10-6-15(2)7-11-22/h15-17H,5-14H2,1-4H3,(H,20,21). The minimum absolute atomic E-state index is 0.0435. The summed E-state index contributed by atoms with van der Waals surface area (Å²) >= 11 is 0. The molecule has 144 valence electrons. The van der Waals surface area contributed by atoms with Crippen LogP contribution in [0.5, 0.6) is 0 Å². The first-order valence-electron chi connectivity index (χ1n) is 9.91. The predicted octanol–water partition coefficient (Wildman–Crippen LogP) is 1.96. The van der Waals surface area contributed by atoms with Gasteiger partial charge in [-0.05, 0) is 58.5 Å². The lowest BCUT2D eigenvalue weighted by atomic mass is 9.97. The first kappa shape index (κ1) is 20.0. The molecule has 2 heterocycles. The molecule has 1 atom stereocenters. The number of ether oxygens (including phenoxy) is 1. The maximum absolute atomic E-state index is 11.9. The Morgan fingerprint density at radius 3 is 2.40 bits per heavy atom. The van der Waals surface area contributed by atoms with Gasteiger partial charge in [-0.25, -0.2) is 0 Å². The highest BCUT2D eigenvalue weighted by Crippen LogP contribution is 2.19. The van der Waals surface area contributed by atoms with Gasteiger partial charge >= 0.3 is 5.97 Å². The van der Waals surface area contributed by atoms with Crippen LogP contribution in [0.25, 0.3) is 0 Å². The fourth-order valence-corrected chi connectivity index (χ4v) is 3.76. The Hall–Kier alpha value is -1.30. The number of likely N-dealkylation sites (tertiary alicyclic amines) is 2. The summed E-state index contributed by atoms with van der Waals surface area (Å²) in [6, 6.07) is 0.515. The highest BCUT2D eigenvalue weighted by atomic mass is 16.5. The molecule has 2 rings (SSSR count). The average Bonchev–Trinajstić information content (AvgIpc) is 2.63. The molecule has 6 nitrogen and oxygen atoms in total. The number of rotatable bonds is 5. The molecule has 1 unspecified atom stereocenters. The molecule has 0 amide bonds. The zero-order valence-corrected chi connectivity index (χ0v) is 16.5. The van der Waals surface area contributed by atoms with Crippen LogP contribution in [-0.2, 0) is 9.53 Å². The Morgan fingerprint density at radius 2 is 1.84 bits per heavy atom. The largest absolute Gasteiger partial charge is 0.466 e. The van der Waals surface area contributed by atoms with Crippen molar-refractivity contribution < 1.29 is 9.53 Å². The van der Waals surface area contributed by atoms with Crippen molar-refractivity contribution in [2.24, 2.45) is 16.8 Å². The van der Waals surface area contributed by atoms with Crippen molar-refractivity contribution >= 4 is 11.9 Å². The van der Waals surface area contributed by atoms with E-state index in [1.807, 2.05) is 14.0 Å². The lowest BCUT2D eigenvalue weighted by Gasteiger charge is -2.37. The van der Waals surface area contributed by atoms with Crippen LogP contribution in [0.4, 0.5) is 0 Å². The Labute approximate surface area is 153 Å². The number of hydrogen-bond donors (Lipinski definition) is 1. The molecule has 6 heteroatoms. The molecule has 2 aliphatic heterocycles. The minimum atomic E-state index is -0.0435. The van der Waals surface area contributed by atoms with Gasteiger partial charge in [0.15, 0.2) is 5.96 Å². The van der Waals surface area contributed by atoms with E-state index in [1.54, 1.807) is 0 Å². The molecule has 0 saturated carbocycles. The van der Waals surface area contributed by atoms with Crippen molar-refractivity contribution in [2.45, 2.75) is 52.5 Å². The number of hydrogen-bond acceptors (Lipinski definition) is 4. The smallest absolute Gasteiger partial charge is 0.309 e. The number of carbonyl (C=O) groups is 1. The van der Waals surface area contributed by atoms with Gasteiger partial charge in [-0.2, -0.15) is 0 Å². The summed E-state index contributed by atoms with van der Waals surface area (Å²) in [7, 11) is 1.84. The third-order valence-corrected chi connectivity index (χ3v) is 5.62. The molecule has 0 bridgehead atoms. The van der Waals surface area contributed by atoms with Crippen LogP contribution in [0.2, 0.25) is 0 Å². The van der Waals surface area contributed by atoms with Crippen LogP contribution in [0.15, 0.2) is 4.99 Å². The van der Waals surface area contributed by atoms with E-state index in [0.29, 0.717) is 12.6 Å². The molecule has 25 heavy (non-hydrogen) atoms. The maximum Gasteiger partial charge on any atom is 0.309 e. The molecule has 2 saturated heterocycles. The predicted molar refractivity (Wildman–Crippen MR) is 102 cm³/mol. The van der Waals surface area contributed by atoms with E-state index in [9.17, 15) is 4.79 Å². The van der Waals surface area contributed by atoms with E-state index in [4.69, 9.17) is 4.74 Å². The van der Waals surface area contributed by atoms with Crippen LogP contribution in [0.3, 0.4) is 0 Å². The summed E-state index contributed by atoms with van der Waals surface area (Å²) < 4.78 is 5.15. The van der Waals surface area contributed by atoms with E-state index in [1.165, 1.54) is 25.9 Å². The zero-order chi connectivity index (χ0) is 18.2. The van der Waals surface area contributed by atoms with E-state index >= 15 is 0 Å². The van der Waals surface area contributed by atoms with Crippen LogP contribution in [0.1, 0.15) is 46.5 Å². The molecule has 0 aromatic carbocycles. The van der Waals surface area contributed by atoms with E-state index in [2.05, 4.69) is 34.0 Å². The molecular weight excluding hydrogens is 316 g/mol. The lowest BCUT2D eigenvalue weighted by Crippen LogP contribution is -2.51. The molecule has 0 aliphatic carbocycles. The molecule has 0 spiro atoms. The number of carbonyl (C=O) groups excluding carboxylic acids is 1. The molecule has 0 aromatic rings. The maximum atomic E-state index is 11.9. The van der Waals surface area contributed by atoms with Crippen LogP contribution >= 0.6 is 0 Å². The van der Waals surface area contributed by atoms with Crippen LogP contribution in [0, 0.1) is 11.8 Å². The lowest BCUT2D eigenvalue weighted by molar-refractivity contribution is -0.149. The average molecular weight is 353 g/mol. The Balaban J connectivity index is 1.74. The number of nitrogens with one attached hydrogen (secondary N) is 1. The zero-order valence-electron chi connectivity index (χ0n) is 16.5.